The van der Waals surface area contributed by atoms with Crippen LogP contribution >= 0.6 is 11.3 Å². The molecule has 118 valence electrons. The fraction of sp³-hybridized carbons (Fsp3) is 0. The van der Waals surface area contributed by atoms with Gasteiger partial charge in [-0.3, -0.25) is 4.79 Å². The van der Waals surface area contributed by atoms with Gasteiger partial charge < -0.3 is 5.32 Å². The average Bonchev–Trinajstić information content (AvgIpc) is 3.24. The van der Waals surface area contributed by atoms with E-state index in [2.05, 4.69) is 20.4 Å². The van der Waals surface area contributed by atoms with Crippen LogP contribution in [0.2, 0.25) is 0 Å². The number of carbonyl (C=O) groups excluding carboxylic acids is 1. The van der Waals surface area contributed by atoms with Gasteiger partial charge in [0, 0.05) is 17.1 Å². The highest BCUT2D eigenvalue weighted by atomic mass is 32.1. The first-order valence-electron chi connectivity index (χ1n) is 7.02. The molecule has 0 aliphatic rings. The van der Waals surface area contributed by atoms with Gasteiger partial charge >= 0.3 is 0 Å². The molecule has 4 rings (SSSR count). The number of benzene rings is 1. The van der Waals surface area contributed by atoms with Gasteiger partial charge in [0.05, 0.1) is 11.9 Å². The summed E-state index contributed by atoms with van der Waals surface area (Å²) >= 11 is 1.25. The summed E-state index contributed by atoms with van der Waals surface area (Å²) in [6.45, 7) is 0. The molecular formula is C16H10FN5OS. The van der Waals surface area contributed by atoms with Crippen LogP contribution in [0.4, 0.5) is 10.2 Å². The minimum absolute atomic E-state index is 0.329. The van der Waals surface area contributed by atoms with Crippen LogP contribution in [0.3, 0.4) is 0 Å². The zero-order chi connectivity index (χ0) is 16.5. The molecule has 0 fully saturated rings. The molecule has 0 aliphatic heterocycles. The predicted octanol–water partition coefficient (Wildman–Crippen LogP) is 3.24. The van der Waals surface area contributed by atoms with Crippen LogP contribution in [0.15, 0.2) is 54.2 Å². The fourth-order valence-electron chi connectivity index (χ4n) is 2.29. The van der Waals surface area contributed by atoms with Gasteiger partial charge in [-0.2, -0.15) is 0 Å². The maximum Gasteiger partial charge on any atom is 0.285 e. The number of hydrogen-bond donors (Lipinski definition) is 1. The van der Waals surface area contributed by atoms with Crippen LogP contribution < -0.4 is 5.32 Å². The van der Waals surface area contributed by atoms with E-state index in [1.54, 1.807) is 46.6 Å². The van der Waals surface area contributed by atoms with E-state index in [0.29, 0.717) is 27.7 Å². The van der Waals surface area contributed by atoms with E-state index in [9.17, 15) is 9.18 Å². The molecule has 0 saturated heterocycles. The Balaban J connectivity index is 1.72. The minimum Gasteiger partial charge on any atom is -0.303 e. The third kappa shape index (κ3) is 2.63. The molecule has 0 bridgehead atoms. The third-order valence-corrected chi connectivity index (χ3v) is 4.12. The van der Waals surface area contributed by atoms with Gasteiger partial charge in [0.2, 0.25) is 0 Å². The summed E-state index contributed by atoms with van der Waals surface area (Å²) in [4.78, 5) is 20.3. The quantitative estimate of drug-likeness (QED) is 0.622. The molecule has 3 heterocycles. The lowest BCUT2D eigenvalue weighted by Gasteiger charge is -2.05. The number of halogens is 1. The number of nitrogens with one attached hydrogen (secondary N) is 1. The van der Waals surface area contributed by atoms with Gasteiger partial charge in [-0.05, 0) is 24.3 Å². The second-order valence-electron chi connectivity index (χ2n) is 4.93. The van der Waals surface area contributed by atoms with Gasteiger partial charge in [-0.25, -0.2) is 18.9 Å². The van der Waals surface area contributed by atoms with Crippen LogP contribution in [0.5, 0.6) is 0 Å². The lowest BCUT2D eigenvalue weighted by atomic mass is 10.2. The lowest BCUT2D eigenvalue weighted by molar-refractivity contribution is 0.102. The van der Waals surface area contributed by atoms with E-state index in [1.165, 1.54) is 23.5 Å². The Labute approximate surface area is 139 Å². The normalized spacial score (nSPS) is 10.9. The molecule has 0 aliphatic carbocycles. The van der Waals surface area contributed by atoms with Gasteiger partial charge in [-0.15, -0.1) is 16.4 Å². The molecular weight excluding hydrogens is 329 g/mol. The maximum absolute atomic E-state index is 13.5. The number of hydrogen-bond acceptors (Lipinski definition) is 5. The summed E-state index contributed by atoms with van der Waals surface area (Å²) < 4.78 is 15.0. The topological polar surface area (TPSA) is 72.2 Å². The Morgan fingerprint density at radius 1 is 1.21 bits per heavy atom. The van der Waals surface area contributed by atoms with Crippen LogP contribution in [0.25, 0.3) is 16.9 Å². The second kappa shape index (κ2) is 5.82. The van der Waals surface area contributed by atoms with Crippen molar-refractivity contribution in [1.82, 2.24) is 19.6 Å². The van der Waals surface area contributed by atoms with Crippen molar-refractivity contribution in [3.8, 4) is 11.3 Å². The summed E-state index contributed by atoms with van der Waals surface area (Å²) in [7, 11) is 0. The van der Waals surface area contributed by atoms with Crippen LogP contribution in [-0.4, -0.2) is 25.5 Å². The molecule has 1 N–H and O–H groups in total. The van der Waals surface area contributed by atoms with Crippen LogP contribution in [0, 0.1) is 5.82 Å². The van der Waals surface area contributed by atoms with E-state index < -0.39 is 0 Å². The van der Waals surface area contributed by atoms with Gasteiger partial charge in [0.1, 0.15) is 5.82 Å². The standard InChI is InChI=1S/C16H10FN5OS/c17-11-3-1-2-10(8-11)12-9-19-14-5-4-13(21-22(12)14)20-15(23)16-18-6-7-24-16/h1-9H,(H,20,21,23). The van der Waals surface area contributed by atoms with Gasteiger partial charge in [0.15, 0.2) is 16.5 Å². The minimum atomic E-state index is -0.337. The Kier molecular flexibility index (Phi) is 3.51. The molecule has 0 atom stereocenters. The number of aromatic nitrogens is 4. The van der Waals surface area contributed by atoms with E-state index in [-0.39, 0.29) is 11.7 Å². The van der Waals surface area contributed by atoms with Crippen LogP contribution in [0.1, 0.15) is 9.80 Å². The van der Waals surface area contributed by atoms with E-state index in [1.807, 2.05) is 0 Å². The number of nitrogens with zero attached hydrogens (tertiary/aromatic N) is 4. The highest BCUT2D eigenvalue weighted by Gasteiger charge is 2.12. The molecule has 24 heavy (non-hydrogen) atoms. The highest BCUT2D eigenvalue weighted by molar-refractivity contribution is 7.11. The lowest BCUT2D eigenvalue weighted by Crippen LogP contribution is -2.13. The van der Waals surface area contributed by atoms with Crippen LogP contribution in [-0.2, 0) is 0 Å². The van der Waals surface area contributed by atoms with Gasteiger partial charge in [0.25, 0.3) is 5.91 Å². The molecule has 0 spiro atoms. The summed E-state index contributed by atoms with van der Waals surface area (Å²) in [5.41, 5.74) is 1.88. The molecule has 0 saturated carbocycles. The number of rotatable bonds is 3. The van der Waals surface area contributed by atoms with Gasteiger partial charge in [-0.1, -0.05) is 12.1 Å². The SMILES string of the molecule is O=C(Nc1ccc2ncc(-c3cccc(F)c3)n2n1)c1nccs1. The number of fused-ring (bicyclic) bond motifs is 1. The largest absolute Gasteiger partial charge is 0.303 e. The third-order valence-electron chi connectivity index (χ3n) is 3.35. The fourth-order valence-corrected chi connectivity index (χ4v) is 2.82. The molecule has 6 nitrogen and oxygen atoms in total. The van der Waals surface area contributed by atoms with Crippen molar-refractivity contribution >= 4 is 28.7 Å². The van der Waals surface area contributed by atoms with Crippen molar-refractivity contribution in [1.29, 1.82) is 0 Å². The number of anilines is 1. The molecule has 0 unspecified atom stereocenters. The van der Waals surface area contributed by atoms with Crippen molar-refractivity contribution < 1.29 is 9.18 Å². The molecule has 3 aromatic heterocycles. The van der Waals surface area contributed by atoms with Crippen molar-refractivity contribution in [3.05, 3.63) is 65.0 Å². The molecule has 1 amide bonds. The second-order valence-corrected chi connectivity index (χ2v) is 5.83. The average molecular weight is 339 g/mol. The molecule has 4 aromatic rings. The van der Waals surface area contributed by atoms with E-state index in [4.69, 9.17) is 0 Å². The van der Waals surface area contributed by atoms with E-state index >= 15 is 0 Å². The smallest absolute Gasteiger partial charge is 0.285 e. The van der Waals surface area contributed by atoms with Crippen molar-refractivity contribution in [2.45, 2.75) is 0 Å². The first-order chi connectivity index (χ1) is 11.7. The van der Waals surface area contributed by atoms with Crippen molar-refractivity contribution in [3.63, 3.8) is 0 Å². The first kappa shape index (κ1) is 14.5. The molecule has 1 aromatic carbocycles. The zero-order valence-corrected chi connectivity index (χ0v) is 13.0. The first-order valence-corrected chi connectivity index (χ1v) is 7.90. The monoisotopic (exact) mass is 339 g/mol. The van der Waals surface area contributed by atoms with Crippen molar-refractivity contribution in [2.24, 2.45) is 0 Å². The summed E-state index contributed by atoms with van der Waals surface area (Å²) in [5, 5.41) is 9.14. The highest BCUT2D eigenvalue weighted by Crippen LogP contribution is 2.21. The summed E-state index contributed by atoms with van der Waals surface area (Å²) in [6.07, 6.45) is 3.18. The predicted molar refractivity (Wildman–Crippen MR) is 88.4 cm³/mol. The summed E-state index contributed by atoms with van der Waals surface area (Å²) in [5.74, 6) is -0.307. The number of imidazole rings is 1. The molecule has 8 heteroatoms. The number of amides is 1. The Hall–Kier alpha value is -3.13. The summed E-state index contributed by atoms with van der Waals surface area (Å²) in [6, 6.07) is 9.56. The maximum atomic E-state index is 13.5. The Morgan fingerprint density at radius 2 is 2.12 bits per heavy atom. The Morgan fingerprint density at radius 3 is 2.92 bits per heavy atom. The molecule has 0 radical (unpaired) electrons. The van der Waals surface area contributed by atoms with Crippen molar-refractivity contribution in [2.75, 3.05) is 5.32 Å². The van der Waals surface area contributed by atoms with E-state index in [0.717, 1.165) is 0 Å². The zero-order valence-electron chi connectivity index (χ0n) is 12.2. The Bertz CT molecular complexity index is 1030. The number of thiazole rings is 1. The number of carbonyl (C=O) groups is 1.